The minimum absolute atomic E-state index is 0.0249. The molecule has 0 aliphatic rings. The predicted octanol–water partition coefficient (Wildman–Crippen LogP) is 1.86. The van der Waals surface area contributed by atoms with Gasteiger partial charge in [-0.05, 0) is 25.2 Å². The van der Waals surface area contributed by atoms with Crippen molar-refractivity contribution in [2.75, 3.05) is 20.7 Å². The summed E-state index contributed by atoms with van der Waals surface area (Å²) in [7, 11) is 3.29. The molecule has 1 N–H and O–H groups in total. The van der Waals surface area contributed by atoms with Gasteiger partial charge in [-0.15, -0.1) is 0 Å². The van der Waals surface area contributed by atoms with E-state index < -0.39 is 0 Å². The summed E-state index contributed by atoms with van der Waals surface area (Å²) in [6, 6.07) is 5.36. The highest BCUT2D eigenvalue weighted by atomic mass is 79.9. The van der Waals surface area contributed by atoms with Crippen molar-refractivity contribution < 1.29 is 9.53 Å². The Kier molecular flexibility index (Phi) is 4.10. The van der Waals surface area contributed by atoms with Crippen LogP contribution in [0.3, 0.4) is 0 Å². The predicted molar refractivity (Wildman–Crippen MR) is 59.0 cm³/mol. The van der Waals surface area contributed by atoms with Crippen LogP contribution in [0.4, 0.5) is 0 Å². The summed E-state index contributed by atoms with van der Waals surface area (Å²) in [6.07, 6.45) is 0. The van der Waals surface area contributed by atoms with Crippen LogP contribution in [0.25, 0.3) is 0 Å². The van der Waals surface area contributed by atoms with Gasteiger partial charge >= 0.3 is 0 Å². The molecule has 0 saturated carbocycles. The summed E-state index contributed by atoms with van der Waals surface area (Å²) in [5, 5.41) is 2.82. The molecular weight excluding hydrogens is 246 g/mol. The van der Waals surface area contributed by atoms with E-state index >= 15 is 0 Å². The highest BCUT2D eigenvalue weighted by Crippen LogP contribution is 2.23. The number of benzene rings is 1. The summed E-state index contributed by atoms with van der Waals surface area (Å²) < 4.78 is 6.01. The second-order valence-electron chi connectivity index (χ2n) is 2.80. The maximum atomic E-state index is 11.6. The highest BCUT2D eigenvalue weighted by Gasteiger charge is 2.10. The number of rotatable bonds is 4. The first-order chi connectivity index (χ1) is 6.69. The standard InChI is InChI=1S/C10H12BrNO2/c1-12-6-9(13)8-4-3-7(11)5-10(8)14-2/h3-5,12H,6H2,1-2H3. The fourth-order valence-corrected chi connectivity index (χ4v) is 1.49. The quantitative estimate of drug-likeness (QED) is 0.838. The van der Waals surface area contributed by atoms with Crippen LogP contribution in [0.5, 0.6) is 5.75 Å². The molecule has 0 unspecified atom stereocenters. The molecule has 4 heteroatoms. The fourth-order valence-electron chi connectivity index (χ4n) is 1.15. The molecule has 0 saturated heterocycles. The van der Waals surface area contributed by atoms with Crippen LogP contribution in [-0.4, -0.2) is 26.5 Å². The monoisotopic (exact) mass is 257 g/mol. The minimum Gasteiger partial charge on any atom is -0.496 e. The van der Waals surface area contributed by atoms with Gasteiger partial charge < -0.3 is 10.1 Å². The van der Waals surface area contributed by atoms with Gasteiger partial charge in [-0.25, -0.2) is 0 Å². The van der Waals surface area contributed by atoms with Gasteiger partial charge in [0.15, 0.2) is 5.78 Å². The van der Waals surface area contributed by atoms with E-state index in [4.69, 9.17) is 4.74 Å². The molecule has 0 fully saturated rings. The third kappa shape index (κ3) is 2.56. The van der Waals surface area contributed by atoms with Gasteiger partial charge in [-0.2, -0.15) is 0 Å². The van der Waals surface area contributed by atoms with E-state index in [0.717, 1.165) is 4.47 Å². The normalized spacial score (nSPS) is 9.93. The first-order valence-corrected chi connectivity index (χ1v) is 4.99. The van der Waals surface area contributed by atoms with Crippen LogP contribution >= 0.6 is 15.9 Å². The summed E-state index contributed by atoms with van der Waals surface area (Å²) in [5.74, 6) is 0.622. The molecule has 1 aromatic carbocycles. The van der Waals surface area contributed by atoms with Crippen LogP contribution in [0.1, 0.15) is 10.4 Å². The third-order valence-corrected chi connectivity index (χ3v) is 2.29. The molecule has 3 nitrogen and oxygen atoms in total. The van der Waals surface area contributed by atoms with E-state index in [1.54, 1.807) is 26.3 Å². The summed E-state index contributed by atoms with van der Waals surface area (Å²) in [4.78, 5) is 11.6. The lowest BCUT2D eigenvalue weighted by Gasteiger charge is -2.07. The average molecular weight is 258 g/mol. The lowest BCUT2D eigenvalue weighted by Crippen LogP contribution is -2.19. The first-order valence-electron chi connectivity index (χ1n) is 4.20. The number of methoxy groups -OCH3 is 1. The Morgan fingerprint density at radius 1 is 1.57 bits per heavy atom. The molecule has 0 spiro atoms. The SMILES string of the molecule is CNCC(=O)c1ccc(Br)cc1OC. The molecule has 14 heavy (non-hydrogen) atoms. The lowest BCUT2D eigenvalue weighted by molar-refractivity contribution is 0.0990. The summed E-state index contributed by atoms with van der Waals surface area (Å²) >= 11 is 3.32. The average Bonchev–Trinajstić information content (AvgIpc) is 2.17. The number of ether oxygens (including phenoxy) is 1. The van der Waals surface area contributed by atoms with Crippen LogP contribution < -0.4 is 10.1 Å². The van der Waals surface area contributed by atoms with Crippen molar-refractivity contribution in [3.05, 3.63) is 28.2 Å². The van der Waals surface area contributed by atoms with Gasteiger partial charge in [0.05, 0.1) is 19.2 Å². The molecule has 1 aromatic rings. The van der Waals surface area contributed by atoms with Gasteiger partial charge in [0, 0.05) is 4.47 Å². The number of nitrogens with one attached hydrogen (secondary N) is 1. The molecule has 0 bridgehead atoms. The van der Waals surface area contributed by atoms with Crippen LogP contribution in [-0.2, 0) is 0 Å². The smallest absolute Gasteiger partial charge is 0.180 e. The van der Waals surface area contributed by atoms with Gasteiger partial charge in [0.2, 0.25) is 0 Å². The number of Topliss-reactive ketones (excluding diaryl/α,β-unsaturated/α-hetero) is 1. The van der Waals surface area contributed by atoms with Crippen LogP contribution in [0.15, 0.2) is 22.7 Å². The first kappa shape index (κ1) is 11.2. The molecule has 0 atom stereocenters. The highest BCUT2D eigenvalue weighted by molar-refractivity contribution is 9.10. The largest absolute Gasteiger partial charge is 0.496 e. The van der Waals surface area contributed by atoms with Crippen molar-refractivity contribution in [2.24, 2.45) is 0 Å². The van der Waals surface area contributed by atoms with Gasteiger partial charge in [0.1, 0.15) is 5.75 Å². The lowest BCUT2D eigenvalue weighted by atomic mass is 10.1. The molecule has 0 amide bonds. The Labute approximate surface area is 91.6 Å². The molecule has 0 aliphatic carbocycles. The Morgan fingerprint density at radius 2 is 2.29 bits per heavy atom. The Hall–Kier alpha value is -0.870. The van der Waals surface area contributed by atoms with E-state index in [0.29, 0.717) is 17.9 Å². The van der Waals surface area contributed by atoms with Crippen molar-refractivity contribution in [1.82, 2.24) is 5.32 Å². The summed E-state index contributed by atoms with van der Waals surface area (Å²) in [6.45, 7) is 0.317. The van der Waals surface area contributed by atoms with Crippen LogP contribution in [0, 0.1) is 0 Å². The number of hydrogen-bond acceptors (Lipinski definition) is 3. The number of ketones is 1. The van der Waals surface area contributed by atoms with E-state index in [1.165, 1.54) is 0 Å². The van der Waals surface area contributed by atoms with Crippen molar-refractivity contribution >= 4 is 21.7 Å². The number of likely N-dealkylation sites (N-methyl/N-ethyl adjacent to an activating group) is 1. The zero-order valence-electron chi connectivity index (χ0n) is 8.13. The van der Waals surface area contributed by atoms with E-state index in [1.807, 2.05) is 6.07 Å². The zero-order valence-corrected chi connectivity index (χ0v) is 9.72. The zero-order chi connectivity index (χ0) is 10.6. The Morgan fingerprint density at radius 3 is 2.86 bits per heavy atom. The van der Waals surface area contributed by atoms with Crippen molar-refractivity contribution in [1.29, 1.82) is 0 Å². The molecule has 0 aliphatic heterocycles. The molecule has 0 heterocycles. The van der Waals surface area contributed by atoms with E-state index in [9.17, 15) is 4.79 Å². The number of carbonyl (C=O) groups excluding carboxylic acids is 1. The topological polar surface area (TPSA) is 38.3 Å². The van der Waals surface area contributed by atoms with Gasteiger partial charge in [-0.3, -0.25) is 4.79 Å². The number of halogens is 1. The third-order valence-electron chi connectivity index (χ3n) is 1.80. The maximum absolute atomic E-state index is 11.6. The molecule has 1 rings (SSSR count). The number of carbonyl (C=O) groups is 1. The van der Waals surface area contributed by atoms with Gasteiger partial charge in [0.25, 0.3) is 0 Å². The molecular formula is C10H12BrNO2. The molecule has 76 valence electrons. The number of hydrogen-bond donors (Lipinski definition) is 1. The van der Waals surface area contributed by atoms with Crippen LogP contribution in [0.2, 0.25) is 0 Å². The van der Waals surface area contributed by atoms with E-state index in [2.05, 4.69) is 21.2 Å². The molecule has 0 aromatic heterocycles. The molecule has 0 radical (unpaired) electrons. The van der Waals surface area contributed by atoms with E-state index in [-0.39, 0.29) is 5.78 Å². The van der Waals surface area contributed by atoms with Crippen molar-refractivity contribution in [2.45, 2.75) is 0 Å². The maximum Gasteiger partial charge on any atom is 0.180 e. The van der Waals surface area contributed by atoms with Gasteiger partial charge in [-0.1, -0.05) is 15.9 Å². The van der Waals surface area contributed by atoms with Crippen molar-refractivity contribution in [3.63, 3.8) is 0 Å². The second-order valence-corrected chi connectivity index (χ2v) is 3.71. The second kappa shape index (κ2) is 5.12. The fraction of sp³-hybridized carbons (Fsp3) is 0.300. The minimum atomic E-state index is 0.0249. The Balaban J connectivity index is 3.01. The summed E-state index contributed by atoms with van der Waals surface area (Å²) in [5.41, 5.74) is 0.602. The van der Waals surface area contributed by atoms with Crippen molar-refractivity contribution in [3.8, 4) is 5.75 Å². The Bertz CT molecular complexity index is 339.